The maximum absolute atomic E-state index is 11.5. The van der Waals surface area contributed by atoms with E-state index >= 15 is 0 Å². The SMILES string of the molecule is CC.CCC(=O)N1CCC(C)C1.CCCC(=O)C1CCN(C)CC1. The Labute approximate surface area is 150 Å². The molecule has 0 spiro atoms. The Morgan fingerprint density at radius 3 is 2.00 bits per heavy atom. The average molecular weight is 341 g/mol. The predicted octanol–water partition coefficient (Wildman–Crippen LogP) is 3.99. The summed E-state index contributed by atoms with van der Waals surface area (Å²) in [6, 6.07) is 0. The fourth-order valence-electron chi connectivity index (χ4n) is 3.17. The lowest BCUT2D eigenvalue weighted by Crippen LogP contribution is -2.33. The number of amides is 1. The highest BCUT2D eigenvalue weighted by atomic mass is 16.2. The summed E-state index contributed by atoms with van der Waals surface area (Å²) in [6.45, 7) is 14.3. The molecule has 0 N–H and O–H groups in total. The third-order valence-electron chi connectivity index (χ3n) is 4.75. The topological polar surface area (TPSA) is 40.6 Å². The number of hydrogen-bond donors (Lipinski definition) is 0. The molecule has 2 rings (SSSR count). The van der Waals surface area contributed by atoms with E-state index in [2.05, 4.69) is 25.8 Å². The minimum atomic E-state index is 0.310. The summed E-state index contributed by atoms with van der Waals surface area (Å²) in [7, 11) is 2.13. The third-order valence-corrected chi connectivity index (χ3v) is 4.75. The Kier molecular flexibility index (Phi) is 12.9. The van der Waals surface area contributed by atoms with E-state index in [1.54, 1.807) is 0 Å². The molecular formula is C20H40N2O2. The molecule has 0 aliphatic carbocycles. The molecule has 4 nitrogen and oxygen atoms in total. The van der Waals surface area contributed by atoms with Crippen molar-refractivity contribution < 1.29 is 9.59 Å². The molecule has 0 aromatic heterocycles. The molecule has 0 bridgehead atoms. The van der Waals surface area contributed by atoms with Crippen LogP contribution in [0.2, 0.25) is 0 Å². The molecule has 0 saturated carbocycles. The van der Waals surface area contributed by atoms with Crippen molar-refractivity contribution in [1.82, 2.24) is 9.80 Å². The zero-order chi connectivity index (χ0) is 18.5. The van der Waals surface area contributed by atoms with Crippen molar-refractivity contribution in [2.45, 2.75) is 73.1 Å². The van der Waals surface area contributed by atoms with Crippen molar-refractivity contribution in [2.24, 2.45) is 11.8 Å². The van der Waals surface area contributed by atoms with Gasteiger partial charge >= 0.3 is 0 Å². The molecule has 2 heterocycles. The first-order valence-corrected chi connectivity index (χ1v) is 9.96. The first kappa shape index (κ1) is 23.1. The Morgan fingerprint density at radius 1 is 1.00 bits per heavy atom. The van der Waals surface area contributed by atoms with Crippen LogP contribution < -0.4 is 0 Å². The van der Waals surface area contributed by atoms with Gasteiger partial charge in [-0.05, 0) is 51.7 Å². The number of hydrogen-bond acceptors (Lipinski definition) is 3. The average Bonchev–Trinajstić information content (AvgIpc) is 3.04. The Hall–Kier alpha value is -0.900. The number of carbonyl (C=O) groups excluding carboxylic acids is 2. The summed E-state index contributed by atoms with van der Waals surface area (Å²) in [5.41, 5.74) is 0. The van der Waals surface area contributed by atoms with Crippen LogP contribution in [-0.2, 0) is 9.59 Å². The van der Waals surface area contributed by atoms with Crippen molar-refractivity contribution >= 4 is 11.7 Å². The molecule has 0 radical (unpaired) electrons. The largest absolute Gasteiger partial charge is 0.342 e. The molecule has 2 aliphatic heterocycles. The number of rotatable bonds is 4. The second-order valence-corrected chi connectivity index (χ2v) is 6.88. The van der Waals surface area contributed by atoms with E-state index in [0.29, 0.717) is 24.0 Å². The van der Waals surface area contributed by atoms with Crippen LogP contribution >= 0.6 is 0 Å². The highest BCUT2D eigenvalue weighted by Gasteiger charge is 2.22. The lowest BCUT2D eigenvalue weighted by Gasteiger charge is -2.27. The van der Waals surface area contributed by atoms with Crippen molar-refractivity contribution in [3.8, 4) is 0 Å². The summed E-state index contributed by atoms with van der Waals surface area (Å²) in [5.74, 6) is 1.90. The van der Waals surface area contributed by atoms with Crippen LogP contribution in [-0.4, -0.2) is 54.7 Å². The van der Waals surface area contributed by atoms with Gasteiger partial charge in [0.25, 0.3) is 0 Å². The van der Waals surface area contributed by atoms with Gasteiger partial charge in [0.15, 0.2) is 0 Å². The summed E-state index contributed by atoms with van der Waals surface area (Å²) < 4.78 is 0. The van der Waals surface area contributed by atoms with Crippen molar-refractivity contribution in [3.05, 3.63) is 0 Å². The summed E-state index contributed by atoms with van der Waals surface area (Å²) >= 11 is 0. The molecule has 24 heavy (non-hydrogen) atoms. The molecule has 4 heteroatoms. The van der Waals surface area contributed by atoms with Crippen molar-refractivity contribution in [3.63, 3.8) is 0 Å². The summed E-state index contributed by atoms with van der Waals surface area (Å²) in [6.07, 6.45) is 5.79. The lowest BCUT2D eigenvalue weighted by atomic mass is 9.91. The van der Waals surface area contributed by atoms with Gasteiger partial charge in [-0.1, -0.05) is 34.6 Å². The van der Waals surface area contributed by atoms with Crippen molar-refractivity contribution in [1.29, 1.82) is 0 Å². The van der Waals surface area contributed by atoms with Crippen LogP contribution in [0.1, 0.15) is 73.1 Å². The van der Waals surface area contributed by atoms with Crippen LogP contribution in [0, 0.1) is 11.8 Å². The number of carbonyl (C=O) groups is 2. The van der Waals surface area contributed by atoms with E-state index in [-0.39, 0.29) is 0 Å². The number of nitrogens with zero attached hydrogens (tertiary/aromatic N) is 2. The van der Waals surface area contributed by atoms with Crippen LogP contribution in [0.15, 0.2) is 0 Å². The standard InChI is InChI=1S/C10H19NO.C8H15NO.C2H6/c1-3-4-10(12)9-5-7-11(2)8-6-9;1-3-8(10)9-5-4-7(2)6-9;1-2/h9H,3-8H2,1-2H3;7H,3-6H2,1-2H3;1-2H3. The first-order valence-electron chi connectivity index (χ1n) is 9.96. The van der Waals surface area contributed by atoms with Gasteiger partial charge < -0.3 is 9.80 Å². The van der Waals surface area contributed by atoms with Gasteiger partial charge in [-0.25, -0.2) is 0 Å². The zero-order valence-corrected chi connectivity index (χ0v) is 16.9. The summed E-state index contributed by atoms with van der Waals surface area (Å²) in [4.78, 5) is 26.8. The fraction of sp³-hybridized carbons (Fsp3) is 0.900. The molecule has 0 aromatic carbocycles. The van der Waals surface area contributed by atoms with Gasteiger partial charge in [-0.3, -0.25) is 9.59 Å². The van der Waals surface area contributed by atoms with E-state index in [9.17, 15) is 9.59 Å². The Bertz CT molecular complexity index is 350. The Balaban J connectivity index is 0.000000405. The highest BCUT2D eigenvalue weighted by molar-refractivity contribution is 5.81. The number of piperidine rings is 1. The minimum Gasteiger partial charge on any atom is -0.342 e. The smallest absolute Gasteiger partial charge is 0.222 e. The van der Waals surface area contributed by atoms with E-state index in [1.165, 1.54) is 6.42 Å². The second-order valence-electron chi connectivity index (χ2n) is 6.88. The van der Waals surface area contributed by atoms with Gasteiger partial charge in [-0.15, -0.1) is 0 Å². The number of likely N-dealkylation sites (tertiary alicyclic amines) is 2. The molecular weight excluding hydrogens is 300 g/mol. The molecule has 1 amide bonds. The number of Topliss-reactive ketones (excluding diaryl/α,β-unsaturated/α-hetero) is 1. The molecule has 1 atom stereocenters. The van der Waals surface area contributed by atoms with Crippen LogP contribution in [0.25, 0.3) is 0 Å². The van der Waals surface area contributed by atoms with Crippen LogP contribution in [0.4, 0.5) is 0 Å². The van der Waals surface area contributed by atoms with Crippen molar-refractivity contribution in [2.75, 3.05) is 33.2 Å². The fourth-order valence-corrected chi connectivity index (χ4v) is 3.17. The van der Waals surface area contributed by atoms with E-state index in [0.717, 1.165) is 57.8 Å². The highest BCUT2D eigenvalue weighted by Crippen LogP contribution is 2.18. The third kappa shape index (κ3) is 8.81. The van der Waals surface area contributed by atoms with Gasteiger partial charge in [0.1, 0.15) is 5.78 Å². The maximum atomic E-state index is 11.5. The molecule has 1 unspecified atom stereocenters. The molecule has 0 aromatic rings. The van der Waals surface area contributed by atoms with E-state index in [4.69, 9.17) is 0 Å². The quantitative estimate of drug-likeness (QED) is 0.777. The van der Waals surface area contributed by atoms with Gasteiger partial charge in [0, 0.05) is 31.8 Å². The molecule has 142 valence electrons. The van der Waals surface area contributed by atoms with Gasteiger partial charge in [-0.2, -0.15) is 0 Å². The zero-order valence-electron chi connectivity index (χ0n) is 16.9. The first-order chi connectivity index (χ1) is 11.5. The molecule has 2 saturated heterocycles. The number of ketones is 1. The second kappa shape index (κ2) is 13.4. The van der Waals surface area contributed by atoms with Crippen LogP contribution in [0.3, 0.4) is 0 Å². The minimum absolute atomic E-state index is 0.310. The lowest BCUT2D eigenvalue weighted by molar-refractivity contribution is -0.130. The predicted molar refractivity (Wildman–Crippen MR) is 102 cm³/mol. The normalized spacial score (nSPS) is 21.4. The molecule has 2 aliphatic rings. The van der Waals surface area contributed by atoms with Gasteiger partial charge in [0.2, 0.25) is 5.91 Å². The maximum Gasteiger partial charge on any atom is 0.222 e. The summed E-state index contributed by atoms with van der Waals surface area (Å²) in [5, 5.41) is 0. The van der Waals surface area contributed by atoms with Crippen LogP contribution in [0.5, 0.6) is 0 Å². The van der Waals surface area contributed by atoms with E-state index in [1.807, 2.05) is 25.7 Å². The molecule has 2 fully saturated rings. The monoisotopic (exact) mass is 340 g/mol. The Morgan fingerprint density at radius 2 is 1.58 bits per heavy atom. The van der Waals surface area contributed by atoms with E-state index < -0.39 is 0 Å². The van der Waals surface area contributed by atoms with Gasteiger partial charge in [0.05, 0.1) is 0 Å².